The standard InChI is InChI=1S/C28H19N3O.C21H16N2O/c1-18-10-8-16-22-24(18)25-21(15-9-17-23(25)32-22)28-30-26(19-11-4-2-5-12-19)29-27(31-28)20-13-6-3-7-14-20;22-19(21-20(23)17-11-4-5-12-18(17)24-21)16-10-6-9-15(13-16)14-7-2-1-3-8-14/h2-17H,1H3;1-13,22H,23H2. The molecule has 0 saturated carbocycles. The summed E-state index contributed by atoms with van der Waals surface area (Å²) in [4.78, 5) is 14.6. The molecule has 0 aliphatic rings. The van der Waals surface area contributed by atoms with Crippen molar-refractivity contribution in [2.75, 3.05) is 5.73 Å². The van der Waals surface area contributed by atoms with Gasteiger partial charge in [0.1, 0.15) is 22.5 Å². The minimum absolute atomic E-state index is 0.293. The normalized spacial score (nSPS) is 11.1. The van der Waals surface area contributed by atoms with Gasteiger partial charge in [0.15, 0.2) is 23.2 Å². The van der Waals surface area contributed by atoms with E-state index in [0.29, 0.717) is 40.2 Å². The first-order chi connectivity index (χ1) is 27.5. The molecule has 0 unspecified atom stereocenters. The second kappa shape index (κ2) is 14.6. The fourth-order valence-electron chi connectivity index (χ4n) is 7.02. The maximum Gasteiger partial charge on any atom is 0.176 e. The lowest BCUT2D eigenvalue weighted by Crippen LogP contribution is -2.03. The number of nitrogen functional groups attached to an aromatic ring is 1. The Balaban J connectivity index is 0.000000153. The van der Waals surface area contributed by atoms with Crippen molar-refractivity contribution in [1.29, 1.82) is 5.41 Å². The summed E-state index contributed by atoms with van der Waals surface area (Å²) in [5.74, 6) is 2.35. The van der Waals surface area contributed by atoms with Crippen molar-refractivity contribution in [3.8, 4) is 45.3 Å². The van der Waals surface area contributed by atoms with Gasteiger partial charge in [0.05, 0.1) is 5.69 Å². The highest BCUT2D eigenvalue weighted by atomic mass is 16.3. The van der Waals surface area contributed by atoms with Gasteiger partial charge >= 0.3 is 0 Å². The Morgan fingerprint density at radius 2 is 1.00 bits per heavy atom. The SMILES string of the molecule is Cc1cccc2oc3cccc(-c4nc(-c5ccccc5)nc(-c5ccccc5)n4)c3c12.N=C(c1cccc(-c2ccccc2)c1)c1oc2ccccc2c1N. The molecule has 10 rings (SSSR count). The molecule has 3 heterocycles. The molecule has 268 valence electrons. The summed E-state index contributed by atoms with van der Waals surface area (Å²) in [5.41, 5.74) is 16.4. The maximum absolute atomic E-state index is 8.53. The van der Waals surface area contributed by atoms with Gasteiger partial charge in [0.25, 0.3) is 0 Å². The Hall–Kier alpha value is -7.64. The van der Waals surface area contributed by atoms with E-state index < -0.39 is 0 Å². The maximum atomic E-state index is 8.53. The number of nitrogens with one attached hydrogen (secondary N) is 1. The zero-order valence-corrected chi connectivity index (χ0v) is 30.5. The van der Waals surface area contributed by atoms with Gasteiger partial charge < -0.3 is 14.6 Å². The van der Waals surface area contributed by atoms with Gasteiger partial charge in [-0.15, -0.1) is 0 Å². The smallest absolute Gasteiger partial charge is 0.176 e. The average Bonchev–Trinajstić information content (AvgIpc) is 3.83. The van der Waals surface area contributed by atoms with Crippen molar-refractivity contribution in [2.24, 2.45) is 0 Å². The second-order valence-corrected chi connectivity index (χ2v) is 13.4. The van der Waals surface area contributed by atoms with Crippen LogP contribution >= 0.6 is 0 Å². The van der Waals surface area contributed by atoms with Crippen molar-refractivity contribution in [1.82, 2.24) is 15.0 Å². The van der Waals surface area contributed by atoms with Crippen LogP contribution in [0.15, 0.2) is 185 Å². The highest BCUT2D eigenvalue weighted by molar-refractivity contribution is 6.16. The van der Waals surface area contributed by atoms with E-state index in [9.17, 15) is 0 Å². The number of aromatic nitrogens is 3. The quantitative estimate of drug-likeness (QED) is 0.165. The monoisotopic (exact) mass is 725 g/mol. The fourth-order valence-corrected chi connectivity index (χ4v) is 7.02. The lowest BCUT2D eigenvalue weighted by Gasteiger charge is -2.09. The first kappa shape index (κ1) is 34.1. The summed E-state index contributed by atoms with van der Waals surface area (Å²) in [6.45, 7) is 2.10. The number of nitrogens with zero attached hydrogens (tertiary/aromatic N) is 3. The van der Waals surface area contributed by atoms with Gasteiger partial charge in [-0.25, -0.2) is 15.0 Å². The first-order valence-electron chi connectivity index (χ1n) is 18.3. The molecule has 10 aromatic rings. The molecule has 3 N–H and O–H groups in total. The van der Waals surface area contributed by atoms with Gasteiger partial charge in [0.2, 0.25) is 0 Å². The van der Waals surface area contributed by atoms with Gasteiger partial charge in [-0.3, -0.25) is 5.41 Å². The molecule has 7 heteroatoms. The molecular weight excluding hydrogens is 691 g/mol. The van der Waals surface area contributed by atoms with Crippen molar-refractivity contribution in [2.45, 2.75) is 6.92 Å². The largest absolute Gasteiger partial charge is 0.456 e. The molecule has 7 aromatic carbocycles. The number of nitrogens with two attached hydrogens (primary N) is 1. The van der Waals surface area contributed by atoms with Crippen LogP contribution in [0.5, 0.6) is 0 Å². The van der Waals surface area contributed by atoms with E-state index in [0.717, 1.165) is 66.3 Å². The van der Waals surface area contributed by atoms with E-state index in [2.05, 4.69) is 31.2 Å². The van der Waals surface area contributed by atoms with Crippen LogP contribution in [0.1, 0.15) is 16.9 Å². The van der Waals surface area contributed by atoms with Gasteiger partial charge in [0, 0.05) is 38.4 Å². The average molecular weight is 726 g/mol. The van der Waals surface area contributed by atoms with Crippen molar-refractivity contribution in [3.05, 3.63) is 193 Å². The molecule has 0 bridgehead atoms. The number of aryl methyl sites for hydroxylation is 1. The Kier molecular flexibility index (Phi) is 8.93. The number of rotatable bonds is 6. The molecule has 0 saturated heterocycles. The third kappa shape index (κ3) is 6.48. The van der Waals surface area contributed by atoms with Crippen LogP contribution in [0, 0.1) is 12.3 Å². The summed E-state index contributed by atoms with van der Waals surface area (Å²) in [5, 5.41) is 11.5. The fraction of sp³-hybridized carbons (Fsp3) is 0.0204. The van der Waals surface area contributed by atoms with Crippen LogP contribution in [0.4, 0.5) is 5.69 Å². The van der Waals surface area contributed by atoms with E-state index >= 15 is 0 Å². The predicted octanol–water partition coefficient (Wildman–Crippen LogP) is 12.2. The van der Waals surface area contributed by atoms with Crippen LogP contribution in [0.2, 0.25) is 0 Å². The minimum Gasteiger partial charge on any atom is -0.456 e. The lowest BCUT2D eigenvalue weighted by atomic mass is 10.00. The van der Waals surface area contributed by atoms with Crippen LogP contribution < -0.4 is 5.73 Å². The van der Waals surface area contributed by atoms with Crippen molar-refractivity contribution >= 4 is 44.3 Å². The van der Waals surface area contributed by atoms with Crippen LogP contribution in [-0.4, -0.2) is 20.7 Å². The molecule has 56 heavy (non-hydrogen) atoms. The molecular formula is C49H35N5O2. The summed E-state index contributed by atoms with van der Waals surface area (Å²) >= 11 is 0. The van der Waals surface area contributed by atoms with Crippen molar-refractivity contribution in [3.63, 3.8) is 0 Å². The summed E-state index contributed by atoms with van der Waals surface area (Å²) in [7, 11) is 0. The summed E-state index contributed by atoms with van der Waals surface area (Å²) in [6.07, 6.45) is 0. The Bertz CT molecular complexity index is 2950. The third-order valence-corrected chi connectivity index (χ3v) is 9.79. The first-order valence-corrected chi connectivity index (χ1v) is 18.3. The molecule has 7 nitrogen and oxygen atoms in total. The molecule has 0 atom stereocenters. The minimum atomic E-state index is 0.293. The summed E-state index contributed by atoms with van der Waals surface area (Å²) < 4.78 is 12.0. The zero-order chi connectivity index (χ0) is 38.0. The van der Waals surface area contributed by atoms with Gasteiger partial charge in [-0.1, -0.05) is 146 Å². The predicted molar refractivity (Wildman–Crippen MR) is 227 cm³/mol. The van der Waals surface area contributed by atoms with Crippen molar-refractivity contribution < 1.29 is 8.83 Å². The van der Waals surface area contributed by atoms with Gasteiger partial charge in [-0.05, 0) is 53.9 Å². The van der Waals surface area contributed by atoms with E-state index in [1.165, 1.54) is 0 Å². The second-order valence-electron chi connectivity index (χ2n) is 13.4. The molecule has 0 aliphatic carbocycles. The molecule has 0 amide bonds. The van der Waals surface area contributed by atoms with E-state index in [1.807, 2.05) is 152 Å². The third-order valence-electron chi connectivity index (χ3n) is 9.79. The van der Waals surface area contributed by atoms with Crippen LogP contribution in [0.25, 0.3) is 78.2 Å². The van der Waals surface area contributed by atoms with Crippen LogP contribution in [0.3, 0.4) is 0 Å². The number of hydrogen-bond acceptors (Lipinski definition) is 7. The Labute approximate surface area is 323 Å². The number of para-hydroxylation sites is 1. The number of benzene rings is 7. The Morgan fingerprint density at radius 1 is 0.482 bits per heavy atom. The van der Waals surface area contributed by atoms with E-state index in [4.69, 9.17) is 34.9 Å². The van der Waals surface area contributed by atoms with Crippen LogP contribution in [-0.2, 0) is 0 Å². The highest BCUT2D eigenvalue weighted by Gasteiger charge is 2.19. The topological polar surface area (TPSA) is 115 Å². The summed E-state index contributed by atoms with van der Waals surface area (Å²) in [6, 6.07) is 57.8. The highest BCUT2D eigenvalue weighted by Crippen LogP contribution is 2.38. The molecule has 0 aliphatic heterocycles. The Morgan fingerprint density at radius 3 is 1.66 bits per heavy atom. The van der Waals surface area contributed by atoms with E-state index in [-0.39, 0.29) is 0 Å². The molecule has 0 radical (unpaired) electrons. The van der Waals surface area contributed by atoms with E-state index in [1.54, 1.807) is 0 Å². The number of fused-ring (bicyclic) bond motifs is 4. The molecule has 0 spiro atoms. The molecule has 3 aromatic heterocycles. The zero-order valence-electron chi connectivity index (χ0n) is 30.5. The number of anilines is 1. The number of hydrogen-bond donors (Lipinski definition) is 2. The molecule has 0 fully saturated rings. The number of furan rings is 2. The van der Waals surface area contributed by atoms with Gasteiger partial charge in [-0.2, -0.15) is 0 Å². The lowest BCUT2D eigenvalue weighted by molar-refractivity contribution is 0.606.